The average molecular weight is 1780 g/mol. The minimum atomic E-state index is -3.89. The molecule has 0 fully saturated rings. The third-order valence-electron chi connectivity index (χ3n) is 18.2. The van der Waals surface area contributed by atoms with Crippen LogP contribution in [0.2, 0.25) is 5.02 Å². The molecule has 36 nitrogen and oxygen atoms in total. The van der Waals surface area contributed by atoms with Crippen LogP contribution in [0.5, 0.6) is 0 Å². The number of aromatic nitrogens is 12. The number of nitrogens with two attached hydrogens (primary N) is 3. The quantitative estimate of drug-likeness (QED) is 0.0157. The number of aryl methyl sites for hydroxylation is 4. The molecule has 3 aliphatic rings. The smallest absolute Gasteiger partial charge is 0.356 e. The lowest BCUT2D eigenvalue weighted by molar-refractivity contribution is 0.114. The molecule has 42 heteroatoms. The Morgan fingerprint density at radius 1 is 0.411 bits per heavy atom. The SMILES string of the molecule is C=C1OC(COP(=O)(COCCn2cnc3c(=O)[nH]c(N)nc32)OCc2ccc(C)cc2)=C(c2ccc(C)c(F)c2)O1.C=C1OC(COP(=O)(COCCn2cnc3c(=O)[nH]c(N)nc32)OCc2ccc(C)cc2)=C(c2ccc(Cl)cc2)O1.C=C1OC(COP(=O)(COCCn2cnc3c(=O)[nH]c(N)nc32)OCc2ccc(C)cc2)=C(c2ccc(F)cc2)O1. The fraction of sp³-hybridized carbons (Fsp3) is 0.232. The molecule has 0 saturated heterocycles. The second-order valence-corrected chi connectivity index (χ2v) is 34.1. The number of hydrogen-bond acceptors (Lipinski definition) is 30. The van der Waals surface area contributed by atoms with Crippen molar-refractivity contribution in [3.8, 4) is 0 Å². The molecule has 3 atom stereocenters. The van der Waals surface area contributed by atoms with Gasteiger partial charge in [-0.1, -0.05) is 113 Å². The number of hydrogen-bond donors (Lipinski definition) is 6. The third kappa shape index (κ3) is 23.6. The van der Waals surface area contributed by atoms with Crippen molar-refractivity contribution in [3.63, 3.8) is 0 Å². The predicted molar refractivity (Wildman–Crippen MR) is 452 cm³/mol. The van der Waals surface area contributed by atoms with Crippen LogP contribution in [0, 0.1) is 39.3 Å². The summed E-state index contributed by atoms with van der Waals surface area (Å²) in [6.45, 7) is 18.7. The number of imidazole rings is 3. The first-order valence-corrected chi connectivity index (χ1v) is 43.3. The van der Waals surface area contributed by atoms with E-state index in [0.29, 0.717) is 50.0 Å². The van der Waals surface area contributed by atoms with Crippen LogP contribution in [0.3, 0.4) is 0 Å². The Hall–Kier alpha value is -12.5. The van der Waals surface area contributed by atoms with Crippen molar-refractivity contribution < 1.29 is 92.3 Å². The minimum absolute atomic E-state index is 0.00179. The van der Waals surface area contributed by atoms with Gasteiger partial charge in [0.25, 0.3) is 34.5 Å². The molecule has 3 unspecified atom stereocenters. The number of benzene rings is 6. The first-order valence-electron chi connectivity index (χ1n) is 37.8. The van der Waals surface area contributed by atoms with Gasteiger partial charge in [-0.15, -0.1) is 0 Å². The van der Waals surface area contributed by atoms with Crippen LogP contribution in [-0.4, -0.2) is 117 Å². The molecule has 3 aliphatic heterocycles. The molecule has 6 aromatic carbocycles. The highest BCUT2D eigenvalue weighted by Crippen LogP contribution is 2.53. The van der Waals surface area contributed by atoms with E-state index in [4.69, 9.17) is 98.6 Å². The summed E-state index contributed by atoms with van der Waals surface area (Å²) in [5, 5.41) is 0.561. The Kier molecular flexibility index (Phi) is 28.9. The maximum atomic E-state index is 14.2. The van der Waals surface area contributed by atoms with Crippen molar-refractivity contribution in [1.29, 1.82) is 0 Å². The van der Waals surface area contributed by atoms with Gasteiger partial charge in [-0.05, 0) is 124 Å². The van der Waals surface area contributed by atoms with Crippen molar-refractivity contribution in [2.75, 3.05) is 75.9 Å². The van der Waals surface area contributed by atoms with E-state index in [1.807, 2.05) is 93.6 Å². The largest absolute Gasteiger partial charge is 0.424 e. The topological polar surface area (TPSA) is 458 Å². The number of rotatable bonds is 36. The zero-order chi connectivity index (χ0) is 87.8. The van der Waals surface area contributed by atoms with E-state index in [9.17, 15) is 36.9 Å². The Morgan fingerprint density at radius 2 is 0.710 bits per heavy atom. The molecule has 124 heavy (non-hydrogen) atoms. The number of nitrogen functional groups attached to an aromatic ring is 3. The van der Waals surface area contributed by atoms with E-state index in [1.54, 1.807) is 57.0 Å². The van der Waals surface area contributed by atoms with Crippen LogP contribution >= 0.6 is 34.4 Å². The number of fused-ring (bicyclic) bond motifs is 3. The van der Waals surface area contributed by atoms with Crippen LogP contribution < -0.4 is 33.9 Å². The lowest BCUT2D eigenvalue weighted by atomic mass is 10.1. The Labute approximate surface area is 710 Å². The lowest BCUT2D eigenvalue weighted by Crippen LogP contribution is -2.13. The summed E-state index contributed by atoms with van der Waals surface area (Å²) in [7, 11) is -11.6. The molecule has 15 rings (SSSR count). The second-order valence-electron chi connectivity index (χ2n) is 27.7. The van der Waals surface area contributed by atoms with Crippen molar-refractivity contribution in [2.45, 2.75) is 67.1 Å². The zero-order valence-electron chi connectivity index (χ0n) is 67.0. The van der Waals surface area contributed by atoms with Crippen molar-refractivity contribution in [3.05, 3.63) is 317 Å². The summed E-state index contributed by atoms with van der Waals surface area (Å²) in [6, 6.07) is 39.8. The van der Waals surface area contributed by atoms with Crippen LogP contribution in [0.25, 0.3) is 50.8 Å². The second kappa shape index (κ2) is 40.2. The number of anilines is 3. The first-order chi connectivity index (χ1) is 59.5. The Morgan fingerprint density at radius 3 is 1.03 bits per heavy atom. The molecule has 648 valence electrons. The number of H-pyrrole nitrogens is 3. The van der Waals surface area contributed by atoms with E-state index >= 15 is 0 Å². The van der Waals surface area contributed by atoms with Crippen LogP contribution in [0.1, 0.15) is 55.6 Å². The summed E-state index contributed by atoms with van der Waals surface area (Å²) in [4.78, 5) is 67.8. The van der Waals surface area contributed by atoms with Crippen molar-refractivity contribution in [1.82, 2.24) is 58.6 Å². The van der Waals surface area contributed by atoms with Gasteiger partial charge < -0.3 is 87.1 Å². The third-order valence-corrected chi connectivity index (χ3v) is 23.1. The van der Waals surface area contributed by atoms with Gasteiger partial charge in [0.2, 0.25) is 17.8 Å². The normalized spacial score (nSPS) is 14.7. The summed E-state index contributed by atoms with van der Waals surface area (Å²) >= 11 is 6.01. The van der Waals surface area contributed by atoms with Crippen LogP contribution in [-0.2, 0) is 123 Å². The van der Waals surface area contributed by atoms with Gasteiger partial charge in [-0.3, -0.25) is 56.6 Å². The van der Waals surface area contributed by atoms with Crippen LogP contribution in [0.4, 0.5) is 26.6 Å². The average Bonchev–Trinajstić information content (AvgIpc) is 1.62. The van der Waals surface area contributed by atoms with Gasteiger partial charge in [0.05, 0.1) is 58.6 Å². The monoisotopic (exact) mass is 1780 g/mol. The fourth-order valence-corrected chi connectivity index (χ4v) is 15.6. The minimum Gasteiger partial charge on any atom is -0.424 e. The number of nitrogens with zero attached hydrogens (tertiary/aromatic N) is 9. The fourth-order valence-electron chi connectivity index (χ4n) is 11.8. The predicted octanol–water partition coefficient (Wildman–Crippen LogP) is 14.1. The highest BCUT2D eigenvalue weighted by Gasteiger charge is 2.35. The van der Waals surface area contributed by atoms with E-state index in [2.05, 4.69) is 64.6 Å². The molecule has 9 N–H and O–H groups in total. The standard InChI is InChI=1S/C28H29FN5O7P.C27H27ClN5O7P.C27H27FN5O7P/c1-17-4-7-20(8-5-17)13-38-42(36,16-37-11-10-34-15-31-24-26(34)32-28(30)33-27(24)35)39-14-23-25(41-19(3)40-23)21-9-6-18(2)22(29)12-21;2*1-17-3-5-19(6-4-17)13-37-41(35,16-36-12-11-33-15-30-23-25(33)31-27(29)32-26(23)34)38-14-22-24(40-18(2)39-22)20-7-9-21(28)10-8-20/h4-9,12,15H,3,10-11,13-14,16H2,1-2H3,(H3,30,32,33,35);2*3-10,15H,2,11-14,16H2,1H3,(H3,29,31,32,34). The molecule has 9 heterocycles. The van der Waals surface area contributed by atoms with Gasteiger partial charge in [-0.25, -0.2) is 23.7 Å². The zero-order valence-corrected chi connectivity index (χ0v) is 70.5. The molecule has 12 aromatic rings. The molecule has 0 amide bonds. The Balaban J connectivity index is 0.000000160. The molecule has 0 radical (unpaired) electrons. The van der Waals surface area contributed by atoms with Crippen molar-refractivity contribution in [2.24, 2.45) is 0 Å². The molecule has 6 aromatic heterocycles. The molecule has 0 bridgehead atoms. The summed E-state index contributed by atoms with van der Waals surface area (Å²) in [6.07, 6.45) is 3.19. The molecular weight excluding hydrogens is 1700 g/mol. The summed E-state index contributed by atoms with van der Waals surface area (Å²) in [5.41, 5.74) is 24.6. The van der Waals surface area contributed by atoms with E-state index in [-0.39, 0.29) is 173 Å². The lowest BCUT2D eigenvalue weighted by Gasteiger charge is -2.19. The summed E-state index contributed by atoms with van der Waals surface area (Å²) < 4.78 is 159. The highest BCUT2D eigenvalue weighted by atomic mass is 35.5. The number of ether oxygens (including phenoxy) is 9. The highest BCUT2D eigenvalue weighted by molar-refractivity contribution is 7.54. The molecule has 0 saturated carbocycles. The van der Waals surface area contributed by atoms with Gasteiger partial charge in [0.15, 0.2) is 68.0 Å². The van der Waals surface area contributed by atoms with E-state index < -0.39 is 57.4 Å². The first kappa shape index (κ1) is 89.3. The number of nitrogens with one attached hydrogen (secondary N) is 3. The molecule has 0 aliphatic carbocycles. The molecule has 0 spiro atoms. The van der Waals surface area contributed by atoms with Crippen LogP contribution in [0.15, 0.2) is 228 Å². The summed E-state index contributed by atoms with van der Waals surface area (Å²) in [5.74, 6) is 0.522. The number of halogens is 3. The maximum absolute atomic E-state index is 14.2. The molecular formula is C82H83ClF2N15O21P3. The van der Waals surface area contributed by atoms with E-state index in [1.165, 1.54) is 49.3 Å². The maximum Gasteiger partial charge on any atom is 0.356 e. The number of aromatic amines is 3. The van der Waals surface area contributed by atoms with Gasteiger partial charge in [-0.2, -0.15) is 15.0 Å². The van der Waals surface area contributed by atoms with Gasteiger partial charge in [0, 0.05) is 41.3 Å². The van der Waals surface area contributed by atoms with E-state index in [0.717, 1.165) is 33.4 Å². The Bertz CT molecular complexity index is 6130. The van der Waals surface area contributed by atoms with Gasteiger partial charge >= 0.3 is 22.8 Å². The van der Waals surface area contributed by atoms with Crippen molar-refractivity contribution >= 4 is 103 Å². The van der Waals surface area contributed by atoms with Gasteiger partial charge in [0.1, 0.15) is 50.5 Å².